The van der Waals surface area contributed by atoms with Crippen molar-refractivity contribution in [1.82, 2.24) is 4.98 Å². The molecule has 1 aromatic carbocycles. The van der Waals surface area contributed by atoms with E-state index < -0.39 is 0 Å². The molecule has 0 radical (unpaired) electrons. The maximum Gasteiger partial charge on any atom is 0.119 e. The highest BCUT2D eigenvalue weighted by molar-refractivity contribution is 5.28. The Morgan fingerprint density at radius 1 is 1.22 bits per heavy atom. The summed E-state index contributed by atoms with van der Waals surface area (Å²) in [6.45, 7) is 2.63. The molecule has 2 aromatic rings. The van der Waals surface area contributed by atoms with Crippen LogP contribution in [0.4, 0.5) is 0 Å². The summed E-state index contributed by atoms with van der Waals surface area (Å²) in [7, 11) is 0. The van der Waals surface area contributed by atoms with Gasteiger partial charge in [0.05, 0.1) is 6.61 Å². The molecule has 3 heteroatoms. The molecule has 0 spiro atoms. The standard InChI is InChI=1S/C15H18N2O/c1-12(16)14-4-6-15(7-5-14)18-10-8-13-3-2-9-17-11-13/h2-7,9,11-12H,8,10,16H2,1H3/t12-/m0/s1. The number of benzene rings is 1. The van der Waals surface area contributed by atoms with Gasteiger partial charge in [-0.1, -0.05) is 18.2 Å². The zero-order valence-corrected chi connectivity index (χ0v) is 10.5. The van der Waals surface area contributed by atoms with Gasteiger partial charge in [0.15, 0.2) is 0 Å². The predicted octanol–water partition coefficient (Wildman–Crippen LogP) is 2.72. The SMILES string of the molecule is C[C@H](N)c1ccc(OCCc2cccnc2)cc1. The molecule has 1 atom stereocenters. The molecule has 0 fully saturated rings. The van der Waals surface area contributed by atoms with Gasteiger partial charge in [-0.3, -0.25) is 4.98 Å². The van der Waals surface area contributed by atoms with Crippen LogP contribution in [0.5, 0.6) is 5.75 Å². The zero-order valence-electron chi connectivity index (χ0n) is 10.5. The van der Waals surface area contributed by atoms with E-state index in [1.165, 1.54) is 5.56 Å². The summed E-state index contributed by atoms with van der Waals surface area (Å²) in [5.74, 6) is 0.878. The molecule has 18 heavy (non-hydrogen) atoms. The van der Waals surface area contributed by atoms with Crippen LogP contribution in [0.25, 0.3) is 0 Å². The second-order valence-electron chi connectivity index (χ2n) is 4.32. The van der Waals surface area contributed by atoms with E-state index in [0.29, 0.717) is 6.61 Å². The van der Waals surface area contributed by atoms with Crippen molar-refractivity contribution in [3.8, 4) is 5.75 Å². The first-order chi connectivity index (χ1) is 8.75. The number of ether oxygens (including phenoxy) is 1. The Labute approximate surface area is 108 Å². The van der Waals surface area contributed by atoms with E-state index in [9.17, 15) is 0 Å². The van der Waals surface area contributed by atoms with E-state index in [1.54, 1.807) is 6.20 Å². The van der Waals surface area contributed by atoms with E-state index in [2.05, 4.69) is 11.1 Å². The minimum atomic E-state index is 0.0643. The van der Waals surface area contributed by atoms with Crippen molar-refractivity contribution in [3.05, 3.63) is 59.9 Å². The molecule has 0 aliphatic heterocycles. The van der Waals surface area contributed by atoms with Gasteiger partial charge in [-0.2, -0.15) is 0 Å². The van der Waals surface area contributed by atoms with Crippen molar-refractivity contribution in [3.63, 3.8) is 0 Å². The van der Waals surface area contributed by atoms with Crippen molar-refractivity contribution >= 4 is 0 Å². The van der Waals surface area contributed by atoms with Crippen LogP contribution in [-0.2, 0) is 6.42 Å². The quantitative estimate of drug-likeness (QED) is 0.877. The minimum absolute atomic E-state index is 0.0643. The highest BCUT2D eigenvalue weighted by atomic mass is 16.5. The van der Waals surface area contributed by atoms with Gasteiger partial charge in [0, 0.05) is 24.9 Å². The summed E-state index contributed by atoms with van der Waals surface area (Å²) in [5, 5.41) is 0. The number of rotatable bonds is 5. The average molecular weight is 242 g/mol. The highest BCUT2D eigenvalue weighted by Crippen LogP contribution is 2.16. The monoisotopic (exact) mass is 242 g/mol. The summed E-state index contributed by atoms with van der Waals surface area (Å²) < 4.78 is 5.68. The number of hydrogen-bond acceptors (Lipinski definition) is 3. The van der Waals surface area contributed by atoms with Gasteiger partial charge in [0.25, 0.3) is 0 Å². The van der Waals surface area contributed by atoms with Crippen LogP contribution < -0.4 is 10.5 Å². The molecule has 94 valence electrons. The first-order valence-electron chi connectivity index (χ1n) is 6.13. The van der Waals surface area contributed by atoms with Gasteiger partial charge in [-0.25, -0.2) is 0 Å². The normalized spacial score (nSPS) is 12.1. The Morgan fingerprint density at radius 2 is 2.00 bits per heavy atom. The molecule has 0 saturated carbocycles. The fourth-order valence-electron chi connectivity index (χ4n) is 1.70. The van der Waals surface area contributed by atoms with E-state index >= 15 is 0 Å². The third-order valence-electron chi connectivity index (χ3n) is 2.79. The van der Waals surface area contributed by atoms with E-state index in [4.69, 9.17) is 10.5 Å². The van der Waals surface area contributed by atoms with Crippen molar-refractivity contribution in [2.24, 2.45) is 5.73 Å². The number of pyridine rings is 1. The highest BCUT2D eigenvalue weighted by Gasteiger charge is 2.00. The number of hydrogen-bond donors (Lipinski definition) is 1. The molecular weight excluding hydrogens is 224 g/mol. The van der Waals surface area contributed by atoms with Gasteiger partial charge in [-0.05, 0) is 36.2 Å². The Kier molecular flexibility index (Phi) is 4.31. The van der Waals surface area contributed by atoms with E-state index in [1.807, 2.05) is 43.5 Å². The summed E-state index contributed by atoms with van der Waals surface area (Å²) in [5.41, 5.74) is 8.10. The summed E-state index contributed by atoms with van der Waals surface area (Å²) in [6.07, 6.45) is 4.50. The Morgan fingerprint density at radius 3 is 2.61 bits per heavy atom. The van der Waals surface area contributed by atoms with Crippen molar-refractivity contribution in [1.29, 1.82) is 0 Å². The lowest BCUT2D eigenvalue weighted by Gasteiger charge is -2.08. The third kappa shape index (κ3) is 3.57. The molecule has 1 heterocycles. The number of aromatic nitrogens is 1. The molecule has 0 aliphatic rings. The van der Waals surface area contributed by atoms with Crippen LogP contribution in [0.15, 0.2) is 48.8 Å². The first-order valence-corrected chi connectivity index (χ1v) is 6.13. The van der Waals surface area contributed by atoms with Gasteiger partial charge in [-0.15, -0.1) is 0 Å². The smallest absolute Gasteiger partial charge is 0.119 e. The Hall–Kier alpha value is -1.87. The molecule has 0 amide bonds. The van der Waals surface area contributed by atoms with Gasteiger partial charge < -0.3 is 10.5 Å². The second-order valence-corrected chi connectivity index (χ2v) is 4.32. The van der Waals surface area contributed by atoms with Crippen LogP contribution in [0.3, 0.4) is 0 Å². The minimum Gasteiger partial charge on any atom is -0.493 e. The first kappa shape index (κ1) is 12.6. The fourth-order valence-corrected chi connectivity index (χ4v) is 1.70. The summed E-state index contributed by atoms with van der Waals surface area (Å²) in [6, 6.07) is 12.0. The van der Waals surface area contributed by atoms with Crippen LogP contribution in [0.1, 0.15) is 24.1 Å². The molecule has 0 unspecified atom stereocenters. The second kappa shape index (κ2) is 6.17. The van der Waals surface area contributed by atoms with Crippen LogP contribution in [-0.4, -0.2) is 11.6 Å². The van der Waals surface area contributed by atoms with Gasteiger partial charge in [0.1, 0.15) is 5.75 Å². The largest absolute Gasteiger partial charge is 0.493 e. The van der Waals surface area contributed by atoms with Gasteiger partial charge >= 0.3 is 0 Å². The molecule has 1 aromatic heterocycles. The number of nitrogens with zero attached hydrogens (tertiary/aromatic N) is 1. The summed E-state index contributed by atoms with van der Waals surface area (Å²) in [4.78, 5) is 4.07. The Bertz CT molecular complexity index is 466. The van der Waals surface area contributed by atoms with Crippen molar-refractivity contribution in [2.75, 3.05) is 6.61 Å². The van der Waals surface area contributed by atoms with E-state index in [-0.39, 0.29) is 6.04 Å². The fraction of sp³-hybridized carbons (Fsp3) is 0.267. The maximum atomic E-state index is 5.79. The van der Waals surface area contributed by atoms with Crippen molar-refractivity contribution in [2.45, 2.75) is 19.4 Å². The predicted molar refractivity (Wildman–Crippen MR) is 72.5 cm³/mol. The molecule has 0 saturated heterocycles. The molecular formula is C15H18N2O. The molecule has 0 bridgehead atoms. The van der Waals surface area contributed by atoms with Crippen LogP contribution in [0, 0.1) is 0 Å². The van der Waals surface area contributed by atoms with Gasteiger partial charge in [0.2, 0.25) is 0 Å². The lowest BCUT2D eigenvalue weighted by molar-refractivity contribution is 0.321. The molecule has 3 nitrogen and oxygen atoms in total. The third-order valence-corrected chi connectivity index (χ3v) is 2.79. The maximum absolute atomic E-state index is 5.79. The molecule has 0 aliphatic carbocycles. The van der Waals surface area contributed by atoms with Crippen LogP contribution in [0.2, 0.25) is 0 Å². The molecule has 2 N–H and O–H groups in total. The topological polar surface area (TPSA) is 48.1 Å². The average Bonchev–Trinajstić information content (AvgIpc) is 2.40. The molecule has 2 rings (SSSR count). The lowest BCUT2D eigenvalue weighted by Crippen LogP contribution is -2.05. The Balaban J connectivity index is 1.83. The van der Waals surface area contributed by atoms with Crippen molar-refractivity contribution < 1.29 is 4.74 Å². The number of nitrogens with two attached hydrogens (primary N) is 1. The van der Waals surface area contributed by atoms with Crippen LogP contribution >= 0.6 is 0 Å². The summed E-state index contributed by atoms with van der Waals surface area (Å²) >= 11 is 0. The lowest BCUT2D eigenvalue weighted by atomic mass is 10.1. The van der Waals surface area contributed by atoms with E-state index in [0.717, 1.165) is 17.7 Å². The zero-order chi connectivity index (χ0) is 12.8.